The summed E-state index contributed by atoms with van der Waals surface area (Å²) in [6.07, 6.45) is 1.56. The monoisotopic (exact) mass is 208 g/mol. The quantitative estimate of drug-likeness (QED) is 0.645. The molecule has 0 spiro atoms. The summed E-state index contributed by atoms with van der Waals surface area (Å²) in [4.78, 5) is 14.7. The maximum absolute atomic E-state index is 10.9. The molecule has 0 saturated heterocycles. The highest BCUT2D eigenvalue weighted by molar-refractivity contribution is 5.91. The van der Waals surface area contributed by atoms with Crippen molar-refractivity contribution in [3.8, 4) is 0 Å². The lowest BCUT2D eigenvalue weighted by molar-refractivity contribution is 0.0995. The van der Waals surface area contributed by atoms with Crippen LogP contribution in [0.15, 0.2) is 18.3 Å². The number of carbonyl (C=O) groups excluding carboxylic acids is 1. The smallest absolute Gasteiger partial charge is 0.267 e. The third kappa shape index (κ3) is 3.55. The van der Waals surface area contributed by atoms with E-state index >= 15 is 0 Å². The van der Waals surface area contributed by atoms with Gasteiger partial charge in [0.25, 0.3) is 5.91 Å². The van der Waals surface area contributed by atoms with Crippen molar-refractivity contribution in [1.29, 1.82) is 0 Å². The lowest BCUT2D eigenvalue weighted by Gasteiger charge is -2.12. The van der Waals surface area contributed by atoms with Crippen LogP contribution in [0, 0.1) is 0 Å². The van der Waals surface area contributed by atoms with Crippen molar-refractivity contribution < 1.29 is 4.79 Å². The number of carbonyl (C=O) groups is 1. The minimum absolute atomic E-state index is 0.275. The number of primary amides is 1. The highest BCUT2D eigenvalue weighted by Gasteiger charge is 2.03. The molecule has 82 valence electrons. The van der Waals surface area contributed by atoms with Gasteiger partial charge in [0.15, 0.2) is 0 Å². The van der Waals surface area contributed by atoms with Gasteiger partial charge in [-0.25, -0.2) is 0 Å². The molecule has 1 aromatic heterocycles. The highest BCUT2D eigenvalue weighted by atomic mass is 16.1. The number of likely N-dealkylation sites (N-methyl/N-ethyl adjacent to an activating group) is 1. The van der Waals surface area contributed by atoms with E-state index in [-0.39, 0.29) is 5.69 Å². The second-order valence-electron chi connectivity index (χ2n) is 3.36. The van der Waals surface area contributed by atoms with Gasteiger partial charge in [0.1, 0.15) is 5.69 Å². The van der Waals surface area contributed by atoms with Crippen LogP contribution in [-0.2, 0) is 0 Å². The summed E-state index contributed by atoms with van der Waals surface area (Å²) in [5.41, 5.74) is 6.25. The van der Waals surface area contributed by atoms with Gasteiger partial charge >= 0.3 is 0 Å². The predicted octanol–water partition coefficient (Wildman–Crippen LogP) is 0.200. The van der Waals surface area contributed by atoms with Gasteiger partial charge in [-0.2, -0.15) is 0 Å². The lowest BCUT2D eigenvalue weighted by atomic mass is 10.3. The number of hydrogen-bond donors (Lipinski definition) is 3. The molecule has 0 aromatic carbocycles. The normalized spacial score (nSPS) is 12.1. The molecule has 0 saturated carbocycles. The van der Waals surface area contributed by atoms with Gasteiger partial charge in [-0.1, -0.05) is 0 Å². The molecule has 1 aromatic rings. The Bertz CT molecular complexity index is 340. The van der Waals surface area contributed by atoms with E-state index in [1.165, 1.54) is 0 Å². The van der Waals surface area contributed by atoms with Gasteiger partial charge in [-0.05, 0) is 26.1 Å². The Morgan fingerprint density at radius 3 is 3.00 bits per heavy atom. The van der Waals surface area contributed by atoms with E-state index in [0.717, 1.165) is 12.2 Å². The zero-order valence-corrected chi connectivity index (χ0v) is 8.95. The molecule has 0 aliphatic carbocycles. The fraction of sp³-hybridized carbons (Fsp3) is 0.400. The van der Waals surface area contributed by atoms with Gasteiger partial charge in [0.2, 0.25) is 0 Å². The molecule has 0 bridgehead atoms. The first-order valence-corrected chi connectivity index (χ1v) is 4.80. The van der Waals surface area contributed by atoms with E-state index < -0.39 is 5.91 Å². The molecule has 5 nitrogen and oxygen atoms in total. The molecule has 1 unspecified atom stereocenters. The number of rotatable bonds is 5. The van der Waals surface area contributed by atoms with Crippen molar-refractivity contribution in [2.45, 2.75) is 13.0 Å². The van der Waals surface area contributed by atoms with E-state index in [2.05, 4.69) is 22.5 Å². The number of nitrogens with two attached hydrogens (primary N) is 1. The van der Waals surface area contributed by atoms with Gasteiger partial charge in [-0.3, -0.25) is 9.78 Å². The number of anilines is 1. The zero-order valence-electron chi connectivity index (χ0n) is 8.95. The predicted molar refractivity (Wildman–Crippen MR) is 59.8 cm³/mol. The summed E-state index contributed by atoms with van der Waals surface area (Å²) in [6, 6.07) is 3.80. The molecule has 15 heavy (non-hydrogen) atoms. The minimum Gasteiger partial charge on any atom is -0.383 e. The molecule has 1 atom stereocenters. The van der Waals surface area contributed by atoms with Gasteiger partial charge in [0, 0.05) is 24.5 Å². The summed E-state index contributed by atoms with van der Waals surface area (Å²) in [5, 5.41) is 6.28. The number of pyridine rings is 1. The van der Waals surface area contributed by atoms with E-state index in [4.69, 9.17) is 5.73 Å². The zero-order chi connectivity index (χ0) is 11.3. The Morgan fingerprint density at radius 1 is 1.67 bits per heavy atom. The molecule has 1 rings (SSSR count). The van der Waals surface area contributed by atoms with E-state index in [0.29, 0.717) is 6.04 Å². The topological polar surface area (TPSA) is 80.0 Å². The van der Waals surface area contributed by atoms with Crippen LogP contribution >= 0.6 is 0 Å². The second-order valence-corrected chi connectivity index (χ2v) is 3.36. The maximum Gasteiger partial charge on any atom is 0.267 e. The van der Waals surface area contributed by atoms with Gasteiger partial charge in [0.05, 0.1) is 0 Å². The first kappa shape index (κ1) is 11.5. The van der Waals surface area contributed by atoms with E-state index in [1.54, 1.807) is 18.3 Å². The summed E-state index contributed by atoms with van der Waals surface area (Å²) in [6.45, 7) is 2.84. The molecule has 0 aliphatic heterocycles. The van der Waals surface area contributed by atoms with Crippen LogP contribution in [0.1, 0.15) is 17.4 Å². The van der Waals surface area contributed by atoms with Crippen LogP contribution in [-0.4, -0.2) is 30.5 Å². The van der Waals surface area contributed by atoms with Crippen molar-refractivity contribution in [2.75, 3.05) is 18.9 Å². The highest BCUT2D eigenvalue weighted by Crippen LogP contribution is 2.07. The number of aromatic nitrogens is 1. The molecule has 1 heterocycles. The average Bonchev–Trinajstić information content (AvgIpc) is 2.26. The summed E-state index contributed by atoms with van der Waals surface area (Å²) in [5.74, 6) is -0.514. The van der Waals surface area contributed by atoms with Crippen LogP contribution < -0.4 is 16.4 Å². The Kier molecular flexibility index (Phi) is 4.05. The Morgan fingerprint density at radius 2 is 2.40 bits per heavy atom. The Hall–Kier alpha value is -1.62. The summed E-state index contributed by atoms with van der Waals surface area (Å²) >= 11 is 0. The van der Waals surface area contributed by atoms with Crippen molar-refractivity contribution in [1.82, 2.24) is 10.3 Å². The van der Waals surface area contributed by atoms with Crippen molar-refractivity contribution in [2.24, 2.45) is 5.73 Å². The molecule has 1 amide bonds. The number of hydrogen-bond acceptors (Lipinski definition) is 4. The van der Waals surface area contributed by atoms with Crippen LogP contribution in [0.5, 0.6) is 0 Å². The molecule has 0 radical (unpaired) electrons. The fourth-order valence-electron chi connectivity index (χ4n) is 1.05. The van der Waals surface area contributed by atoms with Crippen LogP contribution in [0.4, 0.5) is 5.69 Å². The number of amides is 1. The number of nitrogens with zero attached hydrogens (tertiary/aromatic N) is 1. The van der Waals surface area contributed by atoms with Crippen molar-refractivity contribution in [3.63, 3.8) is 0 Å². The summed E-state index contributed by atoms with van der Waals surface area (Å²) in [7, 11) is 1.90. The standard InChI is InChI=1S/C10H16N4O/c1-7(12-2)6-14-8-3-4-13-9(5-8)10(11)15/h3-5,7,12H,6H2,1-2H3,(H2,11,15)(H,13,14). The average molecular weight is 208 g/mol. The van der Waals surface area contributed by atoms with Gasteiger partial charge < -0.3 is 16.4 Å². The van der Waals surface area contributed by atoms with E-state index in [1.807, 2.05) is 7.05 Å². The van der Waals surface area contributed by atoms with Gasteiger partial charge in [-0.15, -0.1) is 0 Å². The third-order valence-electron chi connectivity index (χ3n) is 2.12. The molecule has 5 heteroatoms. The largest absolute Gasteiger partial charge is 0.383 e. The van der Waals surface area contributed by atoms with Crippen LogP contribution in [0.25, 0.3) is 0 Å². The minimum atomic E-state index is -0.514. The summed E-state index contributed by atoms with van der Waals surface area (Å²) < 4.78 is 0. The first-order chi connectivity index (χ1) is 7.13. The van der Waals surface area contributed by atoms with Crippen LogP contribution in [0.3, 0.4) is 0 Å². The Labute approximate surface area is 89.1 Å². The first-order valence-electron chi connectivity index (χ1n) is 4.80. The Balaban J connectivity index is 2.62. The SMILES string of the molecule is CNC(C)CNc1ccnc(C(N)=O)c1. The fourth-order valence-corrected chi connectivity index (χ4v) is 1.05. The van der Waals surface area contributed by atoms with Crippen LogP contribution in [0.2, 0.25) is 0 Å². The second kappa shape index (κ2) is 5.31. The molecular formula is C10H16N4O. The molecule has 0 aliphatic rings. The molecule has 0 fully saturated rings. The third-order valence-corrected chi connectivity index (χ3v) is 2.12. The van der Waals surface area contributed by atoms with E-state index in [9.17, 15) is 4.79 Å². The lowest BCUT2D eigenvalue weighted by Crippen LogP contribution is -2.29. The van der Waals surface area contributed by atoms with Crippen molar-refractivity contribution in [3.05, 3.63) is 24.0 Å². The molecular weight excluding hydrogens is 192 g/mol. The van der Waals surface area contributed by atoms with Crippen molar-refractivity contribution >= 4 is 11.6 Å². The number of nitrogens with one attached hydrogen (secondary N) is 2. The maximum atomic E-state index is 10.9. The molecule has 4 N–H and O–H groups in total.